The number of Topliss-reactive ketones (excluding diaryl/α,β-unsaturated/α-hetero) is 1. The van der Waals surface area contributed by atoms with E-state index < -0.39 is 5.97 Å². The zero-order valence-corrected chi connectivity index (χ0v) is 7.98. The third-order valence-corrected chi connectivity index (χ3v) is 1.50. The molecule has 0 aliphatic heterocycles. The van der Waals surface area contributed by atoms with Gasteiger partial charge in [0.15, 0.2) is 11.5 Å². The number of nitrogens with zero attached hydrogens (tertiary/aromatic N) is 2. The average molecular weight is 194 g/mol. The lowest BCUT2D eigenvalue weighted by atomic mass is 10.3. The second-order valence-corrected chi connectivity index (χ2v) is 2.56. The minimum atomic E-state index is -0.532. The van der Waals surface area contributed by atoms with Gasteiger partial charge in [0.2, 0.25) is 0 Å². The summed E-state index contributed by atoms with van der Waals surface area (Å²) in [7, 11) is 0. The Morgan fingerprint density at radius 1 is 1.29 bits per heavy atom. The van der Waals surface area contributed by atoms with E-state index in [4.69, 9.17) is 4.74 Å². The summed E-state index contributed by atoms with van der Waals surface area (Å²) in [6.45, 7) is 3.37. The quantitative estimate of drug-likeness (QED) is 0.527. The summed E-state index contributed by atoms with van der Waals surface area (Å²) in [6, 6.07) is 0. The molecule has 0 saturated carbocycles. The Balaban J connectivity index is 2.83. The van der Waals surface area contributed by atoms with E-state index >= 15 is 0 Å². The highest BCUT2D eigenvalue weighted by Crippen LogP contribution is 1.98. The molecule has 0 fully saturated rings. The number of esters is 1. The third-order valence-electron chi connectivity index (χ3n) is 1.50. The molecule has 1 heterocycles. The van der Waals surface area contributed by atoms with Gasteiger partial charge in [-0.1, -0.05) is 0 Å². The van der Waals surface area contributed by atoms with Crippen LogP contribution in [0.2, 0.25) is 0 Å². The molecule has 0 saturated heterocycles. The van der Waals surface area contributed by atoms with Crippen molar-refractivity contribution in [2.45, 2.75) is 13.8 Å². The van der Waals surface area contributed by atoms with Gasteiger partial charge in [0.25, 0.3) is 0 Å². The maximum Gasteiger partial charge on any atom is 0.358 e. The van der Waals surface area contributed by atoms with Crippen LogP contribution in [-0.2, 0) is 4.74 Å². The zero-order chi connectivity index (χ0) is 10.6. The summed E-state index contributed by atoms with van der Waals surface area (Å²) in [4.78, 5) is 29.5. The van der Waals surface area contributed by atoms with Crippen molar-refractivity contribution < 1.29 is 14.3 Å². The molecule has 1 aromatic rings. The second-order valence-electron chi connectivity index (χ2n) is 2.56. The second kappa shape index (κ2) is 4.45. The first-order chi connectivity index (χ1) is 6.65. The Bertz CT molecular complexity index is 346. The maximum atomic E-state index is 11.1. The van der Waals surface area contributed by atoms with Crippen molar-refractivity contribution in [2.24, 2.45) is 0 Å². The largest absolute Gasteiger partial charge is 0.461 e. The SMILES string of the molecule is CCOC(=O)c1cnc(C(C)=O)cn1. The number of ether oxygens (including phenoxy) is 1. The van der Waals surface area contributed by atoms with Crippen LogP contribution in [0.4, 0.5) is 0 Å². The summed E-state index contributed by atoms with van der Waals surface area (Å²) >= 11 is 0. The first-order valence-corrected chi connectivity index (χ1v) is 4.15. The van der Waals surface area contributed by atoms with Crippen molar-refractivity contribution in [3.05, 3.63) is 23.8 Å². The molecule has 0 aliphatic rings. The molecule has 0 spiro atoms. The number of hydrogen-bond donors (Lipinski definition) is 0. The fourth-order valence-electron chi connectivity index (χ4n) is 0.820. The molecule has 0 bridgehead atoms. The van der Waals surface area contributed by atoms with Crippen LogP contribution in [0.5, 0.6) is 0 Å². The van der Waals surface area contributed by atoms with Gasteiger partial charge in [0, 0.05) is 6.92 Å². The van der Waals surface area contributed by atoms with Gasteiger partial charge in [-0.25, -0.2) is 14.8 Å². The van der Waals surface area contributed by atoms with Gasteiger partial charge in [-0.3, -0.25) is 4.79 Å². The van der Waals surface area contributed by atoms with E-state index in [2.05, 4.69) is 9.97 Å². The Labute approximate surface area is 81.1 Å². The molecule has 0 N–H and O–H groups in total. The highest BCUT2D eigenvalue weighted by molar-refractivity contribution is 5.92. The summed E-state index contributed by atoms with van der Waals surface area (Å²) < 4.78 is 4.70. The Kier molecular flexibility index (Phi) is 3.28. The molecule has 1 rings (SSSR count). The van der Waals surface area contributed by atoms with Crippen molar-refractivity contribution >= 4 is 11.8 Å². The number of ketones is 1. The van der Waals surface area contributed by atoms with E-state index in [1.54, 1.807) is 6.92 Å². The average Bonchev–Trinajstić information content (AvgIpc) is 2.18. The maximum absolute atomic E-state index is 11.1. The van der Waals surface area contributed by atoms with E-state index in [0.717, 1.165) is 0 Å². The number of aromatic nitrogens is 2. The number of rotatable bonds is 3. The van der Waals surface area contributed by atoms with Gasteiger partial charge < -0.3 is 4.74 Å². The highest BCUT2D eigenvalue weighted by atomic mass is 16.5. The van der Waals surface area contributed by atoms with Crippen LogP contribution < -0.4 is 0 Å². The lowest BCUT2D eigenvalue weighted by molar-refractivity contribution is 0.0518. The van der Waals surface area contributed by atoms with Crippen LogP contribution in [0.25, 0.3) is 0 Å². The molecular formula is C9H10N2O3. The normalized spacial score (nSPS) is 9.57. The van der Waals surface area contributed by atoms with Crippen LogP contribution in [0.15, 0.2) is 12.4 Å². The number of carbonyl (C=O) groups is 2. The number of hydrogen-bond acceptors (Lipinski definition) is 5. The minimum Gasteiger partial charge on any atom is -0.461 e. The summed E-state index contributed by atoms with van der Waals surface area (Å²) in [5.41, 5.74) is 0.342. The molecule has 5 nitrogen and oxygen atoms in total. The first-order valence-electron chi connectivity index (χ1n) is 4.15. The lowest BCUT2D eigenvalue weighted by Gasteiger charge is -2.00. The van der Waals surface area contributed by atoms with E-state index in [1.165, 1.54) is 19.3 Å². The zero-order valence-electron chi connectivity index (χ0n) is 7.98. The van der Waals surface area contributed by atoms with Gasteiger partial charge in [-0.15, -0.1) is 0 Å². The van der Waals surface area contributed by atoms with Gasteiger partial charge in [0.1, 0.15) is 5.69 Å². The van der Waals surface area contributed by atoms with Crippen molar-refractivity contribution in [3.8, 4) is 0 Å². The van der Waals surface area contributed by atoms with Crippen molar-refractivity contribution in [2.75, 3.05) is 6.61 Å². The summed E-state index contributed by atoms with van der Waals surface area (Å²) in [5, 5.41) is 0. The third kappa shape index (κ3) is 2.35. The fraction of sp³-hybridized carbons (Fsp3) is 0.333. The lowest BCUT2D eigenvalue weighted by Crippen LogP contribution is -2.09. The van der Waals surface area contributed by atoms with Crippen LogP contribution in [-0.4, -0.2) is 28.3 Å². The molecule has 0 unspecified atom stereocenters. The standard InChI is InChI=1S/C9H10N2O3/c1-3-14-9(13)8-5-10-7(4-11-8)6(2)12/h4-5H,3H2,1-2H3. The van der Waals surface area contributed by atoms with Crippen molar-refractivity contribution in [1.82, 2.24) is 9.97 Å². The molecule has 1 aromatic heterocycles. The van der Waals surface area contributed by atoms with Gasteiger partial charge >= 0.3 is 5.97 Å². The molecule has 0 radical (unpaired) electrons. The molecule has 0 aliphatic carbocycles. The molecule has 0 amide bonds. The van der Waals surface area contributed by atoms with Crippen molar-refractivity contribution in [1.29, 1.82) is 0 Å². The molecule has 0 atom stereocenters. The minimum absolute atomic E-state index is 0.108. The summed E-state index contributed by atoms with van der Waals surface area (Å²) in [5.74, 6) is -0.719. The highest BCUT2D eigenvalue weighted by Gasteiger charge is 2.09. The van der Waals surface area contributed by atoms with Crippen molar-refractivity contribution in [3.63, 3.8) is 0 Å². The van der Waals surface area contributed by atoms with Gasteiger partial charge in [-0.05, 0) is 6.92 Å². The van der Waals surface area contributed by atoms with E-state index in [-0.39, 0.29) is 23.8 Å². The number of carbonyl (C=O) groups excluding carboxylic acids is 2. The predicted molar refractivity (Wildman–Crippen MR) is 48.0 cm³/mol. The van der Waals surface area contributed by atoms with Gasteiger partial charge in [0.05, 0.1) is 19.0 Å². The Morgan fingerprint density at radius 2 is 1.86 bits per heavy atom. The molecule has 74 valence electrons. The first kappa shape index (κ1) is 10.3. The Hall–Kier alpha value is -1.78. The molecule has 5 heteroatoms. The molecule has 0 aromatic carbocycles. The monoisotopic (exact) mass is 194 g/mol. The van der Waals surface area contributed by atoms with Crippen LogP contribution in [0, 0.1) is 0 Å². The molecule has 14 heavy (non-hydrogen) atoms. The predicted octanol–water partition coefficient (Wildman–Crippen LogP) is 0.856. The Morgan fingerprint density at radius 3 is 2.29 bits per heavy atom. The van der Waals surface area contributed by atoms with Crippen LogP contribution in [0.3, 0.4) is 0 Å². The fourth-order valence-corrected chi connectivity index (χ4v) is 0.820. The molecular weight excluding hydrogens is 184 g/mol. The van der Waals surface area contributed by atoms with Gasteiger partial charge in [-0.2, -0.15) is 0 Å². The van der Waals surface area contributed by atoms with Crippen LogP contribution in [0.1, 0.15) is 34.8 Å². The van der Waals surface area contributed by atoms with E-state index in [1.807, 2.05) is 0 Å². The van der Waals surface area contributed by atoms with E-state index in [9.17, 15) is 9.59 Å². The van der Waals surface area contributed by atoms with Crippen LogP contribution >= 0.6 is 0 Å². The summed E-state index contributed by atoms with van der Waals surface area (Å²) in [6.07, 6.45) is 2.49. The smallest absolute Gasteiger partial charge is 0.358 e. The topological polar surface area (TPSA) is 69.2 Å². The van der Waals surface area contributed by atoms with E-state index in [0.29, 0.717) is 0 Å².